The van der Waals surface area contributed by atoms with Crippen LogP contribution in [0.2, 0.25) is 0 Å². The van der Waals surface area contributed by atoms with Gasteiger partial charge < -0.3 is 10.1 Å². The number of benzene rings is 1. The van der Waals surface area contributed by atoms with Crippen LogP contribution in [-0.2, 0) is 5.54 Å². The maximum Gasteiger partial charge on any atom is 0.118 e. The summed E-state index contributed by atoms with van der Waals surface area (Å²) in [6.07, 6.45) is 4.00. The molecule has 0 amide bonds. The molecule has 2 bridgehead atoms. The van der Waals surface area contributed by atoms with E-state index in [1.807, 2.05) is 0 Å². The quantitative estimate of drug-likeness (QED) is 0.796. The van der Waals surface area contributed by atoms with Gasteiger partial charge in [-0.3, -0.25) is 0 Å². The number of fused-ring (bicyclic) bond motifs is 2. The summed E-state index contributed by atoms with van der Waals surface area (Å²) < 4.78 is 5.19. The highest BCUT2D eigenvalue weighted by atomic mass is 16.5. The van der Waals surface area contributed by atoms with Crippen LogP contribution in [0.5, 0.6) is 5.75 Å². The molecule has 0 aromatic heterocycles. The molecular formula is C13H17NO. The molecule has 15 heavy (non-hydrogen) atoms. The lowest BCUT2D eigenvalue weighted by Gasteiger charge is -2.28. The van der Waals surface area contributed by atoms with Crippen LogP contribution in [-0.4, -0.2) is 13.7 Å². The normalized spacial score (nSPS) is 33.3. The zero-order valence-electron chi connectivity index (χ0n) is 9.12. The van der Waals surface area contributed by atoms with Gasteiger partial charge in [-0.25, -0.2) is 0 Å². The Bertz CT molecular complexity index is 349. The van der Waals surface area contributed by atoms with Crippen molar-refractivity contribution in [1.29, 1.82) is 0 Å². The van der Waals surface area contributed by atoms with Crippen molar-refractivity contribution in [1.82, 2.24) is 5.32 Å². The summed E-state index contributed by atoms with van der Waals surface area (Å²) in [5.74, 6) is 1.86. The summed E-state index contributed by atoms with van der Waals surface area (Å²) in [4.78, 5) is 0. The number of rotatable bonds is 2. The molecule has 1 saturated heterocycles. The minimum Gasteiger partial charge on any atom is -0.497 e. The van der Waals surface area contributed by atoms with E-state index in [1.165, 1.54) is 31.4 Å². The topological polar surface area (TPSA) is 21.3 Å². The summed E-state index contributed by atoms with van der Waals surface area (Å²) in [6.45, 7) is 1.20. The van der Waals surface area contributed by atoms with Gasteiger partial charge in [0.05, 0.1) is 7.11 Å². The zero-order chi connectivity index (χ0) is 10.3. The number of ether oxygens (including phenoxy) is 1. The van der Waals surface area contributed by atoms with E-state index in [0.717, 1.165) is 11.7 Å². The van der Waals surface area contributed by atoms with Gasteiger partial charge in [-0.05, 0) is 49.4 Å². The first-order valence-electron chi connectivity index (χ1n) is 5.72. The monoisotopic (exact) mass is 203 g/mol. The molecule has 1 aliphatic carbocycles. The molecule has 0 spiro atoms. The molecule has 2 fully saturated rings. The van der Waals surface area contributed by atoms with Gasteiger partial charge in [0.15, 0.2) is 0 Å². The molecule has 0 radical (unpaired) electrons. The molecule has 1 aliphatic heterocycles. The van der Waals surface area contributed by atoms with Gasteiger partial charge in [-0.15, -0.1) is 0 Å². The summed E-state index contributed by atoms with van der Waals surface area (Å²) >= 11 is 0. The Hall–Kier alpha value is -1.02. The second kappa shape index (κ2) is 3.24. The van der Waals surface area contributed by atoms with Crippen LogP contribution >= 0.6 is 0 Å². The molecule has 2 unspecified atom stereocenters. The molecular weight excluding hydrogens is 186 g/mol. The number of methoxy groups -OCH3 is 1. The van der Waals surface area contributed by atoms with Crippen molar-refractivity contribution in [2.24, 2.45) is 5.92 Å². The molecule has 2 atom stereocenters. The number of hydrogen-bond donors (Lipinski definition) is 1. The van der Waals surface area contributed by atoms with Crippen molar-refractivity contribution < 1.29 is 4.74 Å². The minimum absolute atomic E-state index is 0.289. The molecule has 2 heteroatoms. The minimum atomic E-state index is 0.289. The standard InChI is InChI=1S/C13H17NO/c1-15-12-4-2-11(3-5-12)13-7-6-10(8-13)9-14-13/h2-5,10,14H,6-9H2,1H3. The van der Waals surface area contributed by atoms with E-state index >= 15 is 0 Å². The van der Waals surface area contributed by atoms with Gasteiger partial charge in [-0.2, -0.15) is 0 Å². The van der Waals surface area contributed by atoms with Crippen molar-refractivity contribution in [2.45, 2.75) is 24.8 Å². The Kier molecular flexibility index (Phi) is 1.99. The molecule has 1 aromatic carbocycles. The number of piperidine rings is 1. The van der Waals surface area contributed by atoms with Crippen LogP contribution in [0.15, 0.2) is 24.3 Å². The molecule has 1 aromatic rings. The van der Waals surface area contributed by atoms with Crippen molar-refractivity contribution in [3.8, 4) is 5.75 Å². The molecule has 1 heterocycles. The highest BCUT2D eigenvalue weighted by Crippen LogP contribution is 2.46. The van der Waals surface area contributed by atoms with E-state index in [4.69, 9.17) is 4.74 Å². The zero-order valence-corrected chi connectivity index (χ0v) is 9.12. The maximum atomic E-state index is 5.19. The lowest BCUT2D eigenvalue weighted by Crippen LogP contribution is -2.37. The molecule has 2 aliphatic rings. The molecule has 3 rings (SSSR count). The fraction of sp³-hybridized carbons (Fsp3) is 0.538. The van der Waals surface area contributed by atoms with Gasteiger partial charge >= 0.3 is 0 Å². The van der Waals surface area contributed by atoms with Gasteiger partial charge in [-0.1, -0.05) is 12.1 Å². The number of nitrogens with one attached hydrogen (secondary N) is 1. The highest BCUT2D eigenvalue weighted by molar-refractivity contribution is 5.34. The first kappa shape index (κ1) is 9.22. The largest absolute Gasteiger partial charge is 0.497 e. The summed E-state index contributed by atoms with van der Waals surface area (Å²) in [5.41, 5.74) is 1.72. The third-order valence-corrected chi connectivity index (χ3v) is 3.99. The van der Waals surface area contributed by atoms with Crippen molar-refractivity contribution in [3.63, 3.8) is 0 Å². The van der Waals surface area contributed by atoms with E-state index in [9.17, 15) is 0 Å². The SMILES string of the molecule is COc1ccc(C23CCC(CN2)C3)cc1. The predicted molar refractivity (Wildman–Crippen MR) is 60.0 cm³/mol. The maximum absolute atomic E-state index is 5.19. The van der Waals surface area contributed by atoms with E-state index in [1.54, 1.807) is 7.11 Å². The average Bonchev–Trinajstić information content (AvgIpc) is 2.90. The Labute approximate surface area is 90.6 Å². The molecule has 1 N–H and O–H groups in total. The Morgan fingerprint density at radius 3 is 2.60 bits per heavy atom. The molecule has 2 nitrogen and oxygen atoms in total. The van der Waals surface area contributed by atoms with Crippen LogP contribution in [0.3, 0.4) is 0 Å². The van der Waals surface area contributed by atoms with Crippen LogP contribution in [0.1, 0.15) is 24.8 Å². The summed E-state index contributed by atoms with van der Waals surface area (Å²) in [5, 5.41) is 3.68. The van der Waals surface area contributed by atoms with Crippen molar-refractivity contribution >= 4 is 0 Å². The van der Waals surface area contributed by atoms with E-state index < -0.39 is 0 Å². The lowest BCUT2D eigenvalue weighted by molar-refractivity contribution is 0.372. The van der Waals surface area contributed by atoms with Gasteiger partial charge in [0.1, 0.15) is 5.75 Å². The first-order valence-corrected chi connectivity index (χ1v) is 5.72. The Morgan fingerprint density at radius 2 is 2.13 bits per heavy atom. The Morgan fingerprint density at radius 1 is 1.33 bits per heavy atom. The third-order valence-electron chi connectivity index (χ3n) is 3.99. The predicted octanol–water partition coefficient (Wildman–Crippen LogP) is 2.29. The van der Waals surface area contributed by atoms with Gasteiger partial charge in [0, 0.05) is 5.54 Å². The van der Waals surface area contributed by atoms with E-state index in [0.29, 0.717) is 0 Å². The van der Waals surface area contributed by atoms with Crippen molar-refractivity contribution in [2.75, 3.05) is 13.7 Å². The summed E-state index contributed by atoms with van der Waals surface area (Å²) in [6, 6.07) is 8.55. The van der Waals surface area contributed by atoms with E-state index in [2.05, 4.69) is 29.6 Å². The van der Waals surface area contributed by atoms with E-state index in [-0.39, 0.29) is 5.54 Å². The van der Waals surface area contributed by atoms with Crippen LogP contribution in [0, 0.1) is 5.92 Å². The lowest BCUT2D eigenvalue weighted by atomic mass is 9.89. The highest BCUT2D eigenvalue weighted by Gasteiger charge is 2.45. The smallest absolute Gasteiger partial charge is 0.118 e. The summed E-state index contributed by atoms with van der Waals surface area (Å²) in [7, 11) is 1.71. The van der Waals surface area contributed by atoms with Crippen LogP contribution < -0.4 is 10.1 Å². The fourth-order valence-electron chi connectivity index (χ4n) is 3.10. The molecule has 80 valence electrons. The van der Waals surface area contributed by atoms with Crippen LogP contribution in [0.4, 0.5) is 0 Å². The van der Waals surface area contributed by atoms with Crippen LogP contribution in [0.25, 0.3) is 0 Å². The molecule has 1 saturated carbocycles. The third kappa shape index (κ3) is 1.36. The van der Waals surface area contributed by atoms with Gasteiger partial charge in [0.2, 0.25) is 0 Å². The van der Waals surface area contributed by atoms with Gasteiger partial charge in [0.25, 0.3) is 0 Å². The van der Waals surface area contributed by atoms with Crippen molar-refractivity contribution in [3.05, 3.63) is 29.8 Å². The average molecular weight is 203 g/mol. The Balaban J connectivity index is 1.92. The second-order valence-corrected chi connectivity index (χ2v) is 4.80. The number of hydrogen-bond acceptors (Lipinski definition) is 2. The first-order chi connectivity index (χ1) is 7.32. The second-order valence-electron chi connectivity index (χ2n) is 4.80. The fourth-order valence-corrected chi connectivity index (χ4v) is 3.10.